The van der Waals surface area contributed by atoms with E-state index in [0.29, 0.717) is 17.7 Å². The zero-order chi connectivity index (χ0) is 21.0. The van der Waals surface area contributed by atoms with Crippen molar-refractivity contribution >= 4 is 5.97 Å². The number of fused-ring (bicyclic) bond motifs is 1. The van der Waals surface area contributed by atoms with Gasteiger partial charge < -0.3 is 35.2 Å². The lowest BCUT2D eigenvalue weighted by Crippen LogP contribution is -2.61. The Kier molecular flexibility index (Phi) is 5.02. The molecule has 2 heterocycles. The molecule has 4 aliphatic rings. The van der Waals surface area contributed by atoms with Crippen molar-refractivity contribution in [3.8, 4) is 5.75 Å². The molecule has 1 aromatic carbocycles. The van der Waals surface area contributed by atoms with Gasteiger partial charge in [0.1, 0.15) is 24.1 Å². The van der Waals surface area contributed by atoms with Gasteiger partial charge in [-0.15, -0.1) is 0 Å². The Morgan fingerprint density at radius 3 is 2.77 bits per heavy atom. The molecule has 2 bridgehead atoms. The van der Waals surface area contributed by atoms with Crippen LogP contribution in [0.5, 0.6) is 5.75 Å². The number of aliphatic carboxylic acids is 1. The number of rotatable bonds is 3. The van der Waals surface area contributed by atoms with Crippen LogP contribution in [0.1, 0.15) is 43.2 Å². The highest BCUT2D eigenvalue weighted by molar-refractivity contribution is 5.73. The Morgan fingerprint density at radius 2 is 1.97 bits per heavy atom. The van der Waals surface area contributed by atoms with E-state index in [4.69, 9.17) is 9.47 Å². The normalized spacial score (nSPS) is 42.7. The summed E-state index contributed by atoms with van der Waals surface area (Å²) in [4.78, 5) is 11.3. The van der Waals surface area contributed by atoms with Crippen molar-refractivity contribution in [3.63, 3.8) is 0 Å². The molecule has 3 fully saturated rings. The van der Waals surface area contributed by atoms with E-state index in [1.54, 1.807) is 6.07 Å². The van der Waals surface area contributed by atoms with Crippen molar-refractivity contribution < 1.29 is 34.7 Å². The summed E-state index contributed by atoms with van der Waals surface area (Å²) in [5.74, 6) is -0.342. The van der Waals surface area contributed by atoms with Crippen LogP contribution in [0.15, 0.2) is 18.2 Å². The Labute approximate surface area is 174 Å². The summed E-state index contributed by atoms with van der Waals surface area (Å²) < 4.78 is 11.1. The lowest BCUT2D eigenvalue weighted by atomic mass is 9.53. The summed E-state index contributed by atoms with van der Waals surface area (Å²) >= 11 is 0. The zero-order valence-corrected chi connectivity index (χ0v) is 16.7. The highest BCUT2D eigenvalue weighted by Gasteiger charge is 2.52. The molecule has 0 radical (unpaired) electrons. The Balaban J connectivity index is 1.44. The van der Waals surface area contributed by atoms with Crippen molar-refractivity contribution in [2.75, 3.05) is 6.54 Å². The standard InChI is InChI=1S/C22H29NO7/c24-16-17(25)19(20(27)28)30-21(18(16)26)29-12-5-4-11-9-15-13-3-1-2-6-22(13,7-8-23-15)14(11)10-12/h4-5,10,13,15-19,21,23-26H,1-3,6-9H2,(H,27,28)/t13-,15+,16-,17-,18+,19-,21?,22+/m0/s1. The Hall–Kier alpha value is -1.71. The molecule has 1 saturated carbocycles. The first-order valence-electron chi connectivity index (χ1n) is 10.9. The summed E-state index contributed by atoms with van der Waals surface area (Å²) in [6.45, 7) is 1.00. The number of ether oxygens (including phenoxy) is 2. The van der Waals surface area contributed by atoms with E-state index < -0.39 is 36.7 Å². The summed E-state index contributed by atoms with van der Waals surface area (Å²) in [6.07, 6.45) is -1.10. The molecular weight excluding hydrogens is 390 g/mol. The molecule has 0 spiro atoms. The third kappa shape index (κ3) is 3.05. The number of hydrogen-bond acceptors (Lipinski definition) is 7. The quantitative estimate of drug-likeness (QED) is 0.473. The van der Waals surface area contributed by atoms with Crippen molar-refractivity contribution in [1.29, 1.82) is 0 Å². The number of carboxylic acids is 1. The monoisotopic (exact) mass is 419 g/mol. The van der Waals surface area contributed by atoms with Gasteiger partial charge in [-0.05, 0) is 61.4 Å². The lowest BCUT2D eigenvalue weighted by Gasteiger charge is -2.56. The first-order chi connectivity index (χ1) is 14.4. The van der Waals surface area contributed by atoms with Crippen LogP contribution in [0, 0.1) is 5.92 Å². The van der Waals surface area contributed by atoms with Gasteiger partial charge in [0, 0.05) is 11.5 Å². The number of aliphatic hydroxyl groups is 3. The van der Waals surface area contributed by atoms with Crippen molar-refractivity contribution in [2.45, 2.75) is 80.7 Å². The molecule has 30 heavy (non-hydrogen) atoms. The molecule has 1 aromatic rings. The van der Waals surface area contributed by atoms with Gasteiger partial charge in [0.05, 0.1) is 0 Å². The third-order valence-corrected chi connectivity index (χ3v) is 7.68. The maximum atomic E-state index is 11.3. The molecule has 8 heteroatoms. The number of benzene rings is 1. The van der Waals surface area contributed by atoms with E-state index in [2.05, 4.69) is 5.32 Å². The highest BCUT2D eigenvalue weighted by Crippen LogP contribution is 2.54. The fourth-order valence-corrected chi connectivity index (χ4v) is 6.26. The number of piperidine rings is 1. The van der Waals surface area contributed by atoms with Gasteiger partial charge >= 0.3 is 5.97 Å². The third-order valence-electron chi connectivity index (χ3n) is 7.68. The van der Waals surface area contributed by atoms with Crippen LogP contribution in [0.2, 0.25) is 0 Å². The molecule has 8 atom stereocenters. The van der Waals surface area contributed by atoms with E-state index in [0.717, 1.165) is 25.8 Å². The first-order valence-corrected chi connectivity index (χ1v) is 10.9. The van der Waals surface area contributed by atoms with Gasteiger partial charge in [0.15, 0.2) is 6.10 Å². The van der Waals surface area contributed by atoms with E-state index in [9.17, 15) is 25.2 Å². The minimum Gasteiger partial charge on any atom is -0.479 e. The van der Waals surface area contributed by atoms with Gasteiger partial charge in [-0.1, -0.05) is 18.9 Å². The maximum Gasteiger partial charge on any atom is 0.335 e. The molecule has 5 rings (SSSR count). The molecule has 0 amide bonds. The van der Waals surface area contributed by atoms with Crippen LogP contribution in [0.3, 0.4) is 0 Å². The molecule has 0 aromatic heterocycles. The van der Waals surface area contributed by atoms with Crippen molar-refractivity contribution in [3.05, 3.63) is 29.3 Å². The molecule has 2 saturated heterocycles. The molecule has 2 aliphatic carbocycles. The topological polar surface area (TPSA) is 128 Å². The van der Waals surface area contributed by atoms with E-state index in [1.807, 2.05) is 12.1 Å². The number of carbonyl (C=O) groups is 1. The summed E-state index contributed by atoms with van der Waals surface area (Å²) in [5.41, 5.74) is 2.73. The van der Waals surface area contributed by atoms with Crippen LogP contribution < -0.4 is 10.1 Å². The number of nitrogens with one attached hydrogen (secondary N) is 1. The number of carboxylic acid groups (broad SMARTS) is 1. The van der Waals surface area contributed by atoms with Crippen LogP contribution in [0.4, 0.5) is 0 Å². The molecule has 164 valence electrons. The first kappa shape index (κ1) is 20.2. The van der Waals surface area contributed by atoms with Gasteiger partial charge in [0.25, 0.3) is 0 Å². The zero-order valence-electron chi connectivity index (χ0n) is 16.7. The molecule has 5 N–H and O–H groups in total. The predicted octanol–water partition coefficient (Wildman–Crippen LogP) is 0.304. The summed E-state index contributed by atoms with van der Waals surface area (Å²) in [6, 6.07) is 6.37. The molecule has 2 aliphatic heterocycles. The van der Waals surface area contributed by atoms with Crippen LogP contribution >= 0.6 is 0 Å². The second kappa shape index (κ2) is 7.46. The van der Waals surface area contributed by atoms with Crippen LogP contribution in [-0.2, 0) is 21.4 Å². The minimum atomic E-state index is -1.73. The van der Waals surface area contributed by atoms with Gasteiger partial charge in [-0.3, -0.25) is 0 Å². The van der Waals surface area contributed by atoms with Crippen LogP contribution in [0.25, 0.3) is 0 Å². The smallest absolute Gasteiger partial charge is 0.335 e. The van der Waals surface area contributed by atoms with E-state index in [-0.39, 0.29) is 5.41 Å². The minimum absolute atomic E-state index is 0.131. The molecular formula is C22H29NO7. The average molecular weight is 419 g/mol. The Bertz CT molecular complexity index is 828. The highest BCUT2D eigenvalue weighted by atomic mass is 16.7. The van der Waals surface area contributed by atoms with Gasteiger partial charge in [-0.25, -0.2) is 4.79 Å². The van der Waals surface area contributed by atoms with Gasteiger partial charge in [0.2, 0.25) is 6.29 Å². The Morgan fingerprint density at radius 1 is 1.13 bits per heavy atom. The van der Waals surface area contributed by atoms with Gasteiger partial charge in [-0.2, -0.15) is 0 Å². The summed E-state index contributed by atoms with van der Waals surface area (Å²) in [7, 11) is 0. The second-order valence-electron chi connectivity index (χ2n) is 9.20. The maximum absolute atomic E-state index is 11.3. The SMILES string of the molecule is O=C(O)[C@H]1OC(Oc2ccc3c(c2)[C@@]24CCCC[C@H]2[C@@H](C3)NCC4)[C@H](O)[C@@H](O)[C@@H]1O. The van der Waals surface area contributed by atoms with Crippen molar-refractivity contribution in [1.82, 2.24) is 5.32 Å². The van der Waals surface area contributed by atoms with Crippen LogP contribution in [-0.4, -0.2) is 69.7 Å². The lowest BCUT2D eigenvalue weighted by molar-refractivity contribution is -0.271. The van der Waals surface area contributed by atoms with E-state index in [1.165, 1.54) is 30.4 Å². The van der Waals surface area contributed by atoms with E-state index >= 15 is 0 Å². The molecule has 8 nitrogen and oxygen atoms in total. The fourth-order valence-electron chi connectivity index (χ4n) is 6.26. The second-order valence-corrected chi connectivity index (χ2v) is 9.20. The number of aliphatic hydroxyl groups excluding tert-OH is 3. The fraction of sp³-hybridized carbons (Fsp3) is 0.682. The number of hydrogen-bond donors (Lipinski definition) is 5. The predicted molar refractivity (Wildman–Crippen MR) is 105 cm³/mol. The summed E-state index contributed by atoms with van der Waals surface area (Å²) in [5, 5.41) is 43.1. The largest absolute Gasteiger partial charge is 0.479 e. The average Bonchev–Trinajstić information content (AvgIpc) is 2.74. The molecule has 1 unspecified atom stereocenters. The van der Waals surface area contributed by atoms with Crippen molar-refractivity contribution in [2.24, 2.45) is 5.92 Å².